The number of aryl methyl sites for hydroxylation is 1. The first-order valence-electron chi connectivity index (χ1n) is 5.50. The number of nitrogens with one attached hydrogen (secondary N) is 2. The minimum atomic E-state index is -0.523. The highest BCUT2D eigenvalue weighted by atomic mass is 16.6. The van der Waals surface area contributed by atoms with Gasteiger partial charge in [-0.2, -0.15) is 10.1 Å². The Morgan fingerprint density at radius 2 is 2.26 bits per heavy atom. The summed E-state index contributed by atoms with van der Waals surface area (Å²) in [5, 5.41) is 20.6. The van der Waals surface area contributed by atoms with Crippen LogP contribution in [0.1, 0.15) is 5.56 Å². The largest absolute Gasteiger partial charge is 0.360 e. The molecule has 0 saturated heterocycles. The van der Waals surface area contributed by atoms with Crippen LogP contribution in [-0.4, -0.2) is 31.7 Å². The van der Waals surface area contributed by atoms with Gasteiger partial charge in [-0.15, -0.1) is 0 Å². The molecule has 0 aromatic carbocycles. The van der Waals surface area contributed by atoms with Crippen LogP contribution in [0.15, 0.2) is 18.6 Å². The summed E-state index contributed by atoms with van der Waals surface area (Å²) in [5.41, 5.74) is 0.740. The van der Waals surface area contributed by atoms with Gasteiger partial charge in [0.15, 0.2) is 0 Å². The van der Waals surface area contributed by atoms with Crippen LogP contribution >= 0.6 is 0 Å². The first kappa shape index (κ1) is 12.7. The molecular formula is C10H13N7O2. The van der Waals surface area contributed by atoms with Gasteiger partial charge in [0.2, 0.25) is 11.8 Å². The van der Waals surface area contributed by atoms with E-state index < -0.39 is 4.92 Å². The Hall–Kier alpha value is -2.71. The molecule has 0 spiro atoms. The summed E-state index contributed by atoms with van der Waals surface area (Å²) >= 11 is 0. The van der Waals surface area contributed by atoms with E-state index in [1.807, 2.05) is 6.20 Å². The molecule has 19 heavy (non-hydrogen) atoms. The lowest BCUT2D eigenvalue weighted by atomic mass is 10.3. The van der Waals surface area contributed by atoms with Gasteiger partial charge in [-0.25, -0.2) is 4.98 Å². The van der Waals surface area contributed by atoms with Crippen molar-refractivity contribution < 1.29 is 4.92 Å². The van der Waals surface area contributed by atoms with Crippen molar-refractivity contribution in [2.45, 2.75) is 6.54 Å². The Labute approximate surface area is 108 Å². The summed E-state index contributed by atoms with van der Waals surface area (Å²) in [6.07, 6.45) is 4.67. The highest BCUT2D eigenvalue weighted by Crippen LogP contribution is 2.22. The van der Waals surface area contributed by atoms with Crippen LogP contribution < -0.4 is 10.6 Å². The minimum absolute atomic E-state index is 0.164. The maximum absolute atomic E-state index is 10.9. The molecule has 0 aliphatic rings. The second-order valence-corrected chi connectivity index (χ2v) is 3.81. The third-order valence-electron chi connectivity index (χ3n) is 2.41. The molecule has 2 rings (SSSR count). The zero-order chi connectivity index (χ0) is 13.8. The highest BCUT2D eigenvalue weighted by molar-refractivity contribution is 5.56. The maximum atomic E-state index is 10.9. The first-order valence-corrected chi connectivity index (χ1v) is 5.50. The number of hydrogen-bond acceptors (Lipinski definition) is 7. The maximum Gasteiger partial charge on any atom is 0.329 e. The van der Waals surface area contributed by atoms with Gasteiger partial charge in [-0.05, 0) is 0 Å². The molecule has 0 radical (unpaired) electrons. The number of hydrogen-bond donors (Lipinski definition) is 2. The van der Waals surface area contributed by atoms with Gasteiger partial charge in [0.25, 0.3) is 0 Å². The van der Waals surface area contributed by atoms with E-state index in [-0.39, 0.29) is 11.5 Å². The zero-order valence-electron chi connectivity index (χ0n) is 10.5. The van der Waals surface area contributed by atoms with Crippen LogP contribution in [-0.2, 0) is 13.6 Å². The standard InChI is InChI=1S/C10H13N7O2/c1-11-10-13-5-8(17(18)19)9(15-10)12-3-7-4-14-16(2)6-7/h4-6H,3H2,1-2H3,(H2,11,12,13,15). The summed E-state index contributed by atoms with van der Waals surface area (Å²) in [7, 11) is 3.45. The molecule has 9 heteroatoms. The molecule has 0 fully saturated rings. The molecular weight excluding hydrogens is 250 g/mol. The third kappa shape index (κ3) is 2.94. The zero-order valence-corrected chi connectivity index (χ0v) is 10.5. The molecule has 2 aromatic heterocycles. The smallest absolute Gasteiger partial charge is 0.329 e. The van der Waals surface area contributed by atoms with Crippen LogP contribution in [0.2, 0.25) is 0 Å². The average Bonchev–Trinajstić information content (AvgIpc) is 2.81. The predicted molar refractivity (Wildman–Crippen MR) is 68.8 cm³/mol. The molecule has 2 heterocycles. The summed E-state index contributed by atoms with van der Waals surface area (Å²) in [5.74, 6) is 0.493. The summed E-state index contributed by atoms with van der Waals surface area (Å²) < 4.78 is 1.66. The lowest BCUT2D eigenvalue weighted by molar-refractivity contribution is -0.384. The van der Waals surface area contributed by atoms with Crippen molar-refractivity contribution in [1.82, 2.24) is 19.7 Å². The van der Waals surface area contributed by atoms with Crippen molar-refractivity contribution in [1.29, 1.82) is 0 Å². The second kappa shape index (κ2) is 5.29. The molecule has 0 atom stereocenters. The van der Waals surface area contributed by atoms with Gasteiger partial charge < -0.3 is 10.6 Å². The van der Waals surface area contributed by atoms with Crippen LogP contribution in [0, 0.1) is 10.1 Å². The van der Waals surface area contributed by atoms with E-state index in [9.17, 15) is 10.1 Å². The topological polar surface area (TPSA) is 111 Å². The van der Waals surface area contributed by atoms with Crippen molar-refractivity contribution >= 4 is 17.5 Å². The van der Waals surface area contributed by atoms with E-state index in [4.69, 9.17) is 0 Å². The quantitative estimate of drug-likeness (QED) is 0.605. The van der Waals surface area contributed by atoms with E-state index in [2.05, 4.69) is 25.7 Å². The second-order valence-electron chi connectivity index (χ2n) is 3.81. The molecule has 9 nitrogen and oxygen atoms in total. The van der Waals surface area contributed by atoms with Crippen LogP contribution in [0.25, 0.3) is 0 Å². The van der Waals surface area contributed by atoms with Gasteiger partial charge in [-0.1, -0.05) is 0 Å². The molecule has 0 aliphatic carbocycles. The summed E-state index contributed by atoms with van der Waals surface area (Å²) in [6, 6.07) is 0. The normalized spacial score (nSPS) is 10.2. The van der Waals surface area contributed by atoms with E-state index >= 15 is 0 Å². The molecule has 0 amide bonds. The van der Waals surface area contributed by atoms with Gasteiger partial charge in [0.1, 0.15) is 6.20 Å². The fourth-order valence-corrected chi connectivity index (χ4v) is 1.51. The fourth-order valence-electron chi connectivity index (χ4n) is 1.51. The Morgan fingerprint density at radius 3 is 2.84 bits per heavy atom. The molecule has 100 valence electrons. The van der Waals surface area contributed by atoms with Crippen LogP contribution in [0.5, 0.6) is 0 Å². The SMILES string of the molecule is CNc1ncc([N+](=O)[O-])c(NCc2cnn(C)c2)n1. The molecule has 0 bridgehead atoms. The van der Waals surface area contributed by atoms with E-state index in [1.54, 1.807) is 25.0 Å². The minimum Gasteiger partial charge on any atom is -0.360 e. The number of rotatable bonds is 5. The van der Waals surface area contributed by atoms with Gasteiger partial charge >= 0.3 is 5.69 Å². The summed E-state index contributed by atoms with van der Waals surface area (Å²) in [6.45, 7) is 0.398. The molecule has 0 saturated carbocycles. The lowest BCUT2D eigenvalue weighted by Crippen LogP contribution is -2.07. The van der Waals surface area contributed by atoms with Crippen molar-refractivity contribution in [3.05, 3.63) is 34.3 Å². The molecule has 0 unspecified atom stereocenters. The number of aromatic nitrogens is 4. The Balaban J connectivity index is 2.19. The fraction of sp³-hybridized carbons (Fsp3) is 0.300. The van der Waals surface area contributed by atoms with Gasteiger partial charge in [0, 0.05) is 32.4 Å². The number of nitro groups is 1. The van der Waals surface area contributed by atoms with E-state index in [0.29, 0.717) is 12.5 Å². The average molecular weight is 263 g/mol. The van der Waals surface area contributed by atoms with E-state index in [0.717, 1.165) is 5.56 Å². The van der Waals surface area contributed by atoms with Crippen molar-refractivity contribution in [3.63, 3.8) is 0 Å². The lowest BCUT2D eigenvalue weighted by Gasteiger charge is -2.06. The summed E-state index contributed by atoms with van der Waals surface area (Å²) in [4.78, 5) is 18.2. The molecule has 2 aromatic rings. The highest BCUT2D eigenvalue weighted by Gasteiger charge is 2.16. The Kier molecular flexibility index (Phi) is 3.55. The van der Waals surface area contributed by atoms with Gasteiger partial charge in [0.05, 0.1) is 11.1 Å². The first-order chi connectivity index (χ1) is 9.10. The van der Waals surface area contributed by atoms with Gasteiger partial charge in [-0.3, -0.25) is 14.8 Å². The molecule has 2 N–H and O–H groups in total. The van der Waals surface area contributed by atoms with Crippen LogP contribution in [0.3, 0.4) is 0 Å². The Morgan fingerprint density at radius 1 is 1.47 bits per heavy atom. The number of anilines is 2. The monoisotopic (exact) mass is 263 g/mol. The number of nitrogens with zero attached hydrogens (tertiary/aromatic N) is 5. The molecule has 0 aliphatic heterocycles. The predicted octanol–water partition coefficient (Wildman–Crippen LogP) is 0.772. The third-order valence-corrected chi connectivity index (χ3v) is 2.41. The van der Waals surface area contributed by atoms with Crippen molar-refractivity contribution in [2.75, 3.05) is 17.7 Å². The van der Waals surface area contributed by atoms with E-state index in [1.165, 1.54) is 6.20 Å². The van der Waals surface area contributed by atoms with Crippen molar-refractivity contribution in [3.8, 4) is 0 Å². The van der Waals surface area contributed by atoms with Crippen LogP contribution in [0.4, 0.5) is 17.5 Å². The Bertz CT molecular complexity index is 595. The van der Waals surface area contributed by atoms with Crippen molar-refractivity contribution in [2.24, 2.45) is 7.05 Å².